The summed E-state index contributed by atoms with van der Waals surface area (Å²) >= 11 is 0. The smallest absolute Gasteiger partial charge is 0.0768 e. The Bertz CT molecular complexity index is 841. The summed E-state index contributed by atoms with van der Waals surface area (Å²) in [5, 5.41) is 1.25. The second-order valence-electron chi connectivity index (χ2n) is 5.82. The van der Waals surface area contributed by atoms with Gasteiger partial charge in [-0.25, -0.2) is 0 Å². The predicted octanol–water partition coefficient (Wildman–Crippen LogP) is 4.42. The summed E-state index contributed by atoms with van der Waals surface area (Å²) in [6.07, 6.45) is 5.60. The molecule has 2 aromatic carbocycles. The molecule has 1 aromatic heterocycles. The van der Waals surface area contributed by atoms with Crippen LogP contribution in [0.15, 0.2) is 54.6 Å². The molecule has 0 amide bonds. The zero-order valence-electron chi connectivity index (χ0n) is 12.1. The van der Waals surface area contributed by atoms with Crippen LogP contribution < -0.4 is 5.73 Å². The number of nitrogen functional groups attached to an aromatic ring is 1. The second kappa shape index (κ2) is 4.52. The van der Waals surface area contributed by atoms with Gasteiger partial charge in [0, 0.05) is 22.3 Å². The molecule has 3 aromatic rings. The highest BCUT2D eigenvalue weighted by Crippen LogP contribution is 2.37. The molecule has 1 heterocycles. The van der Waals surface area contributed by atoms with Crippen LogP contribution in [0.1, 0.15) is 18.2 Å². The third-order valence-corrected chi connectivity index (χ3v) is 4.28. The maximum absolute atomic E-state index is 6.30. The van der Waals surface area contributed by atoms with Crippen LogP contribution in [0.2, 0.25) is 0 Å². The maximum atomic E-state index is 6.30. The van der Waals surface area contributed by atoms with E-state index >= 15 is 0 Å². The van der Waals surface area contributed by atoms with Crippen LogP contribution in [0.3, 0.4) is 0 Å². The normalized spacial score (nSPS) is 17.1. The molecule has 0 aliphatic heterocycles. The molecule has 0 spiro atoms. The minimum Gasteiger partial charge on any atom is -0.397 e. The van der Waals surface area contributed by atoms with E-state index in [-0.39, 0.29) is 0 Å². The average Bonchev–Trinajstić information content (AvgIpc) is 2.83. The monoisotopic (exact) mass is 274 g/mol. The fraction of sp³-hybridized carbons (Fsp3) is 0.158. The van der Waals surface area contributed by atoms with E-state index in [0.29, 0.717) is 5.92 Å². The number of fused-ring (bicyclic) bond motifs is 3. The number of benzene rings is 2. The van der Waals surface area contributed by atoms with Crippen molar-refractivity contribution in [3.8, 4) is 5.69 Å². The zero-order valence-corrected chi connectivity index (χ0v) is 12.1. The number of nitrogens with two attached hydrogens (primary N) is 1. The Labute approximate surface area is 124 Å². The van der Waals surface area contributed by atoms with E-state index in [2.05, 4.69) is 54.0 Å². The number of aromatic nitrogens is 1. The van der Waals surface area contributed by atoms with Gasteiger partial charge in [0.15, 0.2) is 0 Å². The fourth-order valence-corrected chi connectivity index (χ4v) is 3.32. The van der Waals surface area contributed by atoms with E-state index in [1.165, 1.54) is 22.3 Å². The molecule has 1 atom stereocenters. The summed E-state index contributed by atoms with van der Waals surface area (Å²) in [5.74, 6) is 0.561. The predicted molar refractivity (Wildman–Crippen MR) is 89.6 cm³/mol. The lowest BCUT2D eigenvalue weighted by atomic mass is 9.95. The first-order chi connectivity index (χ1) is 10.3. The van der Waals surface area contributed by atoms with Crippen molar-refractivity contribution in [1.82, 2.24) is 4.57 Å². The SMILES string of the molecule is CC1C=Cc2c(n(-c3ccccc3)c3c(N)cccc23)C1. The van der Waals surface area contributed by atoms with Crippen LogP contribution in [0.5, 0.6) is 0 Å². The summed E-state index contributed by atoms with van der Waals surface area (Å²) < 4.78 is 2.33. The Kier molecular flexibility index (Phi) is 2.64. The lowest BCUT2D eigenvalue weighted by Crippen LogP contribution is -2.08. The number of anilines is 1. The highest BCUT2D eigenvalue weighted by molar-refractivity contribution is 5.99. The van der Waals surface area contributed by atoms with Crippen LogP contribution >= 0.6 is 0 Å². The van der Waals surface area contributed by atoms with Crippen molar-refractivity contribution in [2.24, 2.45) is 5.92 Å². The van der Waals surface area contributed by atoms with Gasteiger partial charge in [-0.05, 0) is 30.5 Å². The van der Waals surface area contributed by atoms with Crippen molar-refractivity contribution in [2.75, 3.05) is 5.73 Å². The lowest BCUT2D eigenvalue weighted by Gasteiger charge is -2.17. The van der Waals surface area contributed by atoms with Gasteiger partial charge in [0.05, 0.1) is 11.2 Å². The molecule has 0 radical (unpaired) electrons. The van der Waals surface area contributed by atoms with E-state index in [0.717, 1.165) is 17.6 Å². The van der Waals surface area contributed by atoms with Gasteiger partial charge in [-0.1, -0.05) is 49.4 Å². The van der Waals surface area contributed by atoms with Crippen LogP contribution in [0.4, 0.5) is 5.69 Å². The van der Waals surface area contributed by atoms with E-state index < -0.39 is 0 Å². The Hall–Kier alpha value is -2.48. The van der Waals surface area contributed by atoms with E-state index in [4.69, 9.17) is 5.73 Å². The third-order valence-electron chi connectivity index (χ3n) is 4.28. The van der Waals surface area contributed by atoms with Crippen LogP contribution in [0, 0.1) is 5.92 Å². The fourth-order valence-electron chi connectivity index (χ4n) is 3.32. The van der Waals surface area contributed by atoms with Gasteiger partial charge in [0.1, 0.15) is 0 Å². The number of nitrogens with zero attached hydrogens (tertiary/aromatic N) is 1. The molecule has 0 saturated carbocycles. The third kappa shape index (κ3) is 1.79. The van der Waals surface area contributed by atoms with Gasteiger partial charge < -0.3 is 10.3 Å². The van der Waals surface area contributed by atoms with Crippen LogP contribution in [0.25, 0.3) is 22.7 Å². The molecular weight excluding hydrogens is 256 g/mol. The molecule has 1 unspecified atom stereocenters. The quantitative estimate of drug-likeness (QED) is 0.654. The average molecular weight is 274 g/mol. The van der Waals surface area contributed by atoms with E-state index in [9.17, 15) is 0 Å². The number of hydrogen-bond acceptors (Lipinski definition) is 1. The van der Waals surface area contributed by atoms with Gasteiger partial charge in [-0.3, -0.25) is 0 Å². The molecular formula is C19H18N2. The van der Waals surface area contributed by atoms with Crippen molar-refractivity contribution in [3.05, 3.63) is 65.9 Å². The summed E-state index contributed by atoms with van der Waals surface area (Å²) in [4.78, 5) is 0. The standard InChI is InChI=1S/C19H18N2/c1-13-10-11-15-16-8-5-9-17(20)19(16)21(18(15)12-13)14-6-3-2-4-7-14/h2-11,13H,12,20H2,1H3. The molecule has 0 saturated heterocycles. The minimum absolute atomic E-state index is 0.561. The van der Waals surface area contributed by atoms with Crippen molar-refractivity contribution in [1.29, 1.82) is 0 Å². The Morgan fingerprint density at radius 3 is 2.67 bits per heavy atom. The topological polar surface area (TPSA) is 30.9 Å². The molecule has 2 nitrogen and oxygen atoms in total. The van der Waals surface area contributed by atoms with Gasteiger partial charge >= 0.3 is 0 Å². The highest BCUT2D eigenvalue weighted by atomic mass is 15.0. The van der Waals surface area contributed by atoms with Crippen LogP contribution in [-0.4, -0.2) is 4.57 Å². The van der Waals surface area contributed by atoms with Gasteiger partial charge in [0.25, 0.3) is 0 Å². The van der Waals surface area contributed by atoms with E-state index in [1.807, 2.05) is 18.2 Å². The molecule has 2 N–H and O–H groups in total. The zero-order chi connectivity index (χ0) is 14.4. The Morgan fingerprint density at radius 2 is 1.86 bits per heavy atom. The molecule has 2 heteroatoms. The highest BCUT2D eigenvalue weighted by Gasteiger charge is 2.21. The first-order valence-corrected chi connectivity index (χ1v) is 7.41. The molecule has 104 valence electrons. The largest absolute Gasteiger partial charge is 0.397 e. The Balaban J connectivity index is 2.14. The van der Waals surface area contributed by atoms with Gasteiger partial charge in [0.2, 0.25) is 0 Å². The molecule has 1 aliphatic rings. The van der Waals surface area contributed by atoms with E-state index in [1.54, 1.807) is 0 Å². The summed E-state index contributed by atoms with van der Waals surface area (Å²) in [6, 6.07) is 16.7. The van der Waals surface area contributed by atoms with Gasteiger partial charge in [-0.2, -0.15) is 0 Å². The molecule has 4 rings (SSSR count). The second-order valence-corrected chi connectivity index (χ2v) is 5.82. The summed E-state index contributed by atoms with van der Waals surface area (Å²) in [6.45, 7) is 2.26. The number of para-hydroxylation sites is 2. The molecule has 0 fully saturated rings. The maximum Gasteiger partial charge on any atom is 0.0768 e. The van der Waals surface area contributed by atoms with Crippen LogP contribution in [-0.2, 0) is 6.42 Å². The number of hydrogen-bond donors (Lipinski definition) is 1. The first-order valence-electron chi connectivity index (χ1n) is 7.41. The molecule has 21 heavy (non-hydrogen) atoms. The van der Waals surface area contributed by atoms with Crippen molar-refractivity contribution >= 4 is 22.7 Å². The van der Waals surface area contributed by atoms with Crippen molar-refractivity contribution in [3.63, 3.8) is 0 Å². The van der Waals surface area contributed by atoms with Gasteiger partial charge in [-0.15, -0.1) is 0 Å². The lowest BCUT2D eigenvalue weighted by molar-refractivity contribution is 0.691. The summed E-state index contributed by atoms with van der Waals surface area (Å²) in [5.41, 5.74) is 12.1. The number of allylic oxidation sites excluding steroid dienone is 1. The van der Waals surface area contributed by atoms with Crippen molar-refractivity contribution in [2.45, 2.75) is 13.3 Å². The summed E-state index contributed by atoms with van der Waals surface area (Å²) in [7, 11) is 0. The molecule has 0 bridgehead atoms. The number of rotatable bonds is 1. The van der Waals surface area contributed by atoms with Crippen molar-refractivity contribution < 1.29 is 0 Å². The minimum atomic E-state index is 0.561. The molecule has 1 aliphatic carbocycles. The Morgan fingerprint density at radius 1 is 1.05 bits per heavy atom. The first kappa shape index (κ1) is 12.3.